The summed E-state index contributed by atoms with van der Waals surface area (Å²) in [4.78, 5) is 14.7. The van der Waals surface area contributed by atoms with Crippen molar-refractivity contribution in [1.82, 2.24) is 20.0 Å². The van der Waals surface area contributed by atoms with Crippen molar-refractivity contribution in [3.63, 3.8) is 0 Å². The smallest absolute Gasteiger partial charge is 0.237 e. The summed E-state index contributed by atoms with van der Waals surface area (Å²) < 4.78 is 1.92. The van der Waals surface area contributed by atoms with Crippen LogP contribution in [0.15, 0.2) is 36.7 Å². The predicted octanol–water partition coefficient (Wildman–Crippen LogP) is 2.14. The minimum Gasteiger partial charge on any atom is -0.355 e. The van der Waals surface area contributed by atoms with Crippen molar-refractivity contribution in [3.8, 4) is 0 Å². The van der Waals surface area contributed by atoms with Gasteiger partial charge in [-0.15, -0.1) is 0 Å². The molecule has 0 spiro atoms. The molecule has 3 rings (SSSR count). The van der Waals surface area contributed by atoms with Gasteiger partial charge in [0.15, 0.2) is 0 Å². The van der Waals surface area contributed by atoms with Gasteiger partial charge >= 0.3 is 0 Å². The van der Waals surface area contributed by atoms with Gasteiger partial charge in [0.25, 0.3) is 0 Å². The van der Waals surface area contributed by atoms with E-state index in [1.54, 1.807) is 0 Å². The van der Waals surface area contributed by atoms with E-state index in [2.05, 4.69) is 39.6 Å². The van der Waals surface area contributed by atoms with Crippen LogP contribution < -0.4 is 5.32 Å². The van der Waals surface area contributed by atoms with E-state index in [4.69, 9.17) is 0 Å². The van der Waals surface area contributed by atoms with Crippen LogP contribution in [0.4, 0.5) is 0 Å². The number of nitrogens with one attached hydrogen (secondary N) is 1. The summed E-state index contributed by atoms with van der Waals surface area (Å²) in [6, 6.07) is 8.42. The number of carbonyl (C=O) groups is 1. The van der Waals surface area contributed by atoms with Crippen LogP contribution in [0.3, 0.4) is 0 Å². The van der Waals surface area contributed by atoms with E-state index in [1.165, 1.54) is 11.1 Å². The standard InChI is InChI=1S/C19H26N4O/c1-15-12-21-23(13-15)10-5-9-20-19(24)16(2)22-11-8-17-6-3-4-7-18(17)14-22/h3-4,6-7,12-13,16H,5,8-11,14H2,1-2H3,(H,20,24)/t16-/m1/s1. The molecular weight excluding hydrogens is 300 g/mol. The molecule has 2 aromatic rings. The maximum absolute atomic E-state index is 12.4. The summed E-state index contributed by atoms with van der Waals surface area (Å²) in [6.45, 7) is 7.35. The van der Waals surface area contributed by atoms with Crippen molar-refractivity contribution in [1.29, 1.82) is 0 Å². The van der Waals surface area contributed by atoms with E-state index in [-0.39, 0.29) is 11.9 Å². The van der Waals surface area contributed by atoms with Crippen LogP contribution in [0.5, 0.6) is 0 Å². The summed E-state index contributed by atoms with van der Waals surface area (Å²) in [5.41, 5.74) is 3.92. The molecule has 0 bridgehead atoms. The second-order valence-corrected chi connectivity index (χ2v) is 6.59. The lowest BCUT2D eigenvalue weighted by atomic mass is 9.99. The highest BCUT2D eigenvalue weighted by atomic mass is 16.2. The predicted molar refractivity (Wildman–Crippen MR) is 94.6 cm³/mol. The molecule has 1 aromatic heterocycles. The van der Waals surface area contributed by atoms with E-state index in [0.717, 1.165) is 38.0 Å². The van der Waals surface area contributed by atoms with Gasteiger partial charge in [0, 0.05) is 32.4 Å². The maximum Gasteiger partial charge on any atom is 0.237 e. The summed E-state index contributed by atoms with van der Waals surface area (Å²) in [7, 11) is 0. The molecule has 0 saturated carbocycles. The van der Waals surface area contributed by atoms with Crippen molar-refractivity contribution < 1.29 is 4.79 Å². The lowest BCUT2D eigenvalue weighted by Gasteiger charge is -2.32. The number of hydrogen-bond acceptors (Lipinski definition) is 3. The number of rotatable bonds is 6. The fourth-order valence-corrected chi connectivity index (χ4v) is 3.20. The third-order valence-corrected chi connectivity index (χ3v) is 4.71. The molecule has 24 heavy (non-hydrogen) atoms. The van der Waals surface area contributed by atoms with Crippen molar-refractivity contribution in [2.45, 2.75) is 45.8 Å². The normalized spacial score (nSPS) is 15.8. The molecule has 0 aliphatic carbocycles. The largest absolute Gasteiger partial charge is 0.355 e. The molecule has 5 heteroatoms. The number of aryl methyl sites for hydroxylation is 2. The van der Waals surface area contributed by atoms with Gasteiger partial charge in [0.1, 0.15) is 0 Å². The Bertz CT molecular complexity index is 694. The minimum absolute atomic E-state index is 0.0923. The molecule has 128 valence electrons. The first-order valence-corrected chi connectivity index (χ1v) is 8.71. The molecule has 1 aromatic carbocycles. The topological polar surface area (TPSA) is 50.2 Å². The van der Waals surface area contributed by atoms with Crippen LogP contribution in [-0.2, 0) is 24.3 Å². The van der Waals surface area contributed by atoms with Gasteiger partial charge in [0.2, 0.25) is 5.91 Å². The highest BCUT2D eigenvalue weighted by molar-refractivity contribution is 5.81. The zero-order valence-corrected chi connectivity index (χ0v) is 14.5. The Morgan fingerprint density at radius 2 is 2.12 bits per heavy atom. The molecule has 0 saturated heterocycles. The van der Waals surface area contributed by atoms with Gasteiger partial charge in [-0.2, -0.15) is 5.10 Å². The lowest BCUT2D eigenvalue weighted by molar-refractivity contribution is -0.126. The van der Waals surface area contributed by atoms with E-state index in [0.29, 0.717) is 6.54 Å². The van der Waals surface area contributed by atoms with Crippen LogP contribution in [0.2, 0.25) is 0 Å². The van der Waals surface area contributed by atoms with Gasteiger partial charge in [-0.25, -0.2) is 0 Å². The van der Waals surface area contributed by atoms with Gasteiger partial charge < -0.3 is 5.32 Å². The molecule has 0 fully saturated rings. The molecule has 0 radical (unpaired) electrons. The van der Waals surface area contributed by atoms with Gasteiger partial charge in [-0.1, -0.05) is 24.3 Å². The molecule has 0 unspecified atom stereocenters. The molecule has 2 heterocycles. The zero-order chi connectivity index (χ0) is 16.9. The first-order valence-electron chi connectivity index (χ1n) is 8.71. The van der Waals surface area contributed by atoms with E-state index in [1.807, 2.05) is 30.9 Å². The zero-order valence-electron chi connectivity index (χ0n) is 14.5. The first kappa shape index (κ1) is 16.7. The molecule has 1 N–H and O–H groups in total. The highest BCUT2D eigenvalue weighted by Gasteiger charge is 2.24. The van der Waals surface area contributed by atoms with Gasteiger partial charge in [0.05, 0.1) is 12.2 Å². The average Bonchev–Trinajstić information content (AvgIpc) is 3.02. The van der Waals surface area contributed by atoms with Crippen molar-refractivity contribution in [2.24, 2.45) is 0 Å². The third kappa shape index (κ3) is 4.03. The number of nitrogens with zero attached hydrogens (tertiary/aromatic N) is 3. The second-order valence-electron chi connectivity index (χ2n) is 6.59. The molecule has 1 aliphatic heterocycles. The van der Waals surface area contributed by atoms with Crippen molar-refractivity contribution in [3.05, 3.63) is 53.3 Å². The number of amides is 1. The Labute approximate surface area is 143 Å². The molecule has 1 amide bonds. The number of carbonyl (C=O) groups excluding carboxylic acids is 1. The molecule has 1 atom stereocenters. The fraction of sp³-hybridized carbons (Fsp3) is 0.474. The Kier molecular flexibility index (Phi) is 5.30. The summed E-state index contributed by atoms with van der Waals surface area (Å²) in [5, 5.41) is 7.32. The van der Waals surface area contributed by atoms with Gasteiger partial charge in [-0.3, -0.25) is 14.4 Å². The lowest BCUT2D eigenvalue weighted by Crippen LogP contribution is -2.47. The quantitative estimate of drug-likeness (QED) is 0.828. The summed E-state index contributed by atoms with van der Waals surface area (Å²) in [5.74, 6) is 0.117. The second kappa shape index (κ2) is 7.62. The Morgan fingerprint density at radius 1 is 1.33 bits per heavy atom. The number of hydrogen-bond donors (Lipinski definition) is 1. The average molecular weight is 326 g/mol. The number of fused-ring (bicyclic) bond motifs is 1. The highest BCUT2D eigenvalue weighted by Crippen LogP contribution is 2.20. The minimum atomic E-state index is -0.0923. The third-order valence-electron chi connectivity index (χ3n) is 4.71. The van der Waals surface area contributed by atoms with Crippen LogP contribution in [0, 0.1) is 6.92 Å². The Hall–Kier alpha value is -2.14. The van der Waals surface area contributed by atoms with Crippen LogP contribution in [0.1, 0.15) is 30.0 Å². The molecule has 1 aliphatic rings. The Morgan fingerprint density at radius 3 is 2.88 bits per heavy atom. The van der Waals surface area contributed by atoms with E-state index < -0.39 is 0 Å². The molecular formula is C19H26N4O. The first-order chi connectivity index (χ1) is 11.6. The fourth-order valence-electron chi connectivity index (χ4n) is 3.20. The SMILES string of the molecule is Cc1cnn(CCCNC(=O)[C@@H](C)N2CCc3ccccc3C2)c1. The van der Waals surface area contributed by atoms with E-state index in [9.17, 15) is 4.79 Å². The summed E-state index contributed by atoms with van der Waals surface area (Å²) in [6.07, 6.45) is 5.79. The van der Waals surface area contributed by atoms with Crippen LogP contribution in [-0.4, -0.2) is 39.7 Å². The van der Waals surface area contributed by atoms with E-state index >= 15 is 0 Å². The van der Waals surface area contributed by atoms with Crippen molar-refractivity contribution in [2.75, 3.05) is 13.1 Å². The summed E-state index contributed by atoms with van der Waals surface area (Å²) >= 11 is 0. The molecule has 5 nitrogen and oxygen atoms in total. The number of aromatic nitrogens is 2. The number of benzene rings is 1. The Balaban J connectivity index is 1.43. The van der Waals surface area contributed by atoms with Crippen molar-refractivity contribution >= 4 is 5.91 Å². The van der Waals surface area contributed by atoms with Crippen LogP contribution in [0.25, 0.3) is 0 Å². The maximum atomic E-state index is 12.4. The monoisotopic (exact) mass is 326 g/mol. The van der Waals surface area contributed by atoms with Crippen LogP contribution >= 0.6 is 0 Å². The van der Waals surface area contributed by atoms with Gasteiger partial charge in [-0.05, 0) is 43.4 Å².